The van der Waals surface area contributed by atoms with E-state index < -0.39 is 16.7 Å². The lowest BCUT2D eigenvalue weighted by molar-refractivity contribution is -0.384. The smallest absolute Gasteiger partial charge is 0.364 e. The van der Waals surface area contributed by atoms with Gasteiger partial charge in [-0.15, -0.1) is 0 Å². The van der Waals surface area contributed by atoms with E-state index in [1.165, 1.54) is 24.3 Å². The van der Waals surface area contributed by atoms with Crippen molar-refractivity contribution in [2.75, 3.05) is 36.0 Å². The van der Waals surface area contributed by atoms with Gasteiger partial charge in [-0.05, 0) is 30.7 Å². The van der Waals surface area contributed by atoms with E-state index in [1.54, 1.807) is 0 Å². The lowest BCUT2D eigenvalue weighted by Gasteiger charge is -2.24. The first-order valence-electron chi connectivity index (χ1n) is 8.51. The zero-order valence-electron chi connectivity index (χ0n) is 14.7. The Morgan fingerprint density at radius 2 is 1.82 bits per heavy atom. The fraction of sp³-hybridized carbons (Fsp3) is 0.333. The van der Waals surface area contributed by atoms with Crippen molar-refractivity contribution in [3.05, 3.63) is 57.8 Å². The number of pyridine rings is 1. The Kier molecular flexibility index (Phi) is 5.35. The zero-order chi connectivity index (χ0) is 20.3. The van der Waals surface area contributed by atoms with Crippen LogP contribution < -0.4 is 9.80 Å². The zero-order valence-corrected chi connectivity index (χ0v) is 14.7. The minimum absolute atomic E-state index is 0.0832. The number of rotatable bonds is 3. The highest BCUT2D eigenvalue weighted by atomic mass is 19.4. The van der Waals surface area contributed by atoms with Crippen LogP contribution in [-0.2, 0) is 6.18 Å². The normalized spacial score (nSPS) is 15.1. The molecular weight excluding hydrogens is 375 g/mol. The number of nitro groups is 1. The van der Waals surface area contributed by atoms with Crippen LogP contribution in [0.15, 0.2) is 36.5 Å². The lowest BCUT2D eigenvalue weighted by atomic mass is 10.1. The molecule has 1 aromatic heterocycles. The number of nitriles is 1. The fourth-order valence-electron chi connectivity index (χ4n) is 3.13. The Bertz CT molecular complexity index is 909. The average molecular weight is 391 g/mol. The summed E-state index contributed by atoms with van der Waals surface area (Å²) in [5.74, 6) is 0.426. The first kappa shape index (κ1) is 19.4. The molecule has 0 N–H and O–H groups in total. The van der Waals surface area contributed by atoms with Gasteiger partial charge in [-0.1, -0.05) is 0 Å². The molecule has 1 aliphatic heterocycles. The number of aromatic nitrogens is 1. The Morgan fingerprint density at radius 1 is 1.11 bits per heavy atom. The molecule has 2 heterocycles. The number of halogens is 3. The summed E-state index contributed by atoms with van der Waals surface area (Å²) < 4.78 is 38.1. The van der Waals surface area contributed by atoms with Gasteiger partial charge in [0.1, 0.15) is 11.5 Å². The van der Waals surface area contributed by atoms with E-state index in [0.29, 0.717) is 49.7 Å². The molecule has 0 spiro atoms. The summed E-state index contributed by atoms with van der Waals surface area (Å²) in [6, 6.07) is 8.51. The second-order valence-corrected chi connectivity index (χ2v) is 6.30. The van der Waals surface area contributed by atoms with E-state index in [0.717, 1.165) is 12.3 Å². The Labute approximate surface area is 158 Å². The molecule has 1 fully saturated rings. The van der Waals surface area contributed by atoms with Crippen molar-refractivity contribution in [1.82, 2.24) is 4.98 Å². The molecule has 2 aromatic rings. The molecule has 0 atom stereocenters. The van der Waals surface area contributed by atoms with Gasteiger partial charge >= 0.3 is 6.18 Å². The summed E-state index contributed by atoms with van der Waals surface area (Å²) in [6.07, 6.45) is -3.00. The third-order valence-corrected chi connectivity index (χ3v) is 4.54. The van der Waals surface area contributed by atoms with Gasteiger partial charge in [0.15, 0.2) is 0 Å². The molecule has 0 bridgehead atoms. The molecular formula is C18H16F3N5O2. The number of anilines is 2. The van der Waals surface area contributed by atoms with Crippen molar-refractivity contribution in [2.45, 2.75) is 12.6 Å². The second-order valence-electron chi connectivity index (χ2n) is 6.30. The van der Waals surface area contributed by atoms with E-state index in [1.807, 2.05) is 15.9 Å². The topological polar surface area (TPSA) is 86.3 Å². The quantitative estimate of drug-likeness (QED) is 0.587. The molecule has 0 amide bonds. The molecule has 146 valence electrons. The molecule has 0 saturated carbocycles. The van der Waals surface area contributed by atoms with Crippen LogP contribution >= 0.6 is 0 Å². The molecule has 1 saturated heterocycles. The van der Waals surface area contributed by atoms with Gasteiger partial charge in [-0.3, -0.25) is 10.1 Å². The summed E-state index contributed by atoms with van der Waals surface area (Å²) in [5.41, 5.74) is -0.200. The third kappa shape index (κ3) is 4.14. The molecule has 0 aliphatic carbocycles. The van der Waals surface area contributed by atoms with Crippen LogP contribution in [0.5, 0.6) is 0 Å². The molecule has 3 rings (SSSR count). The number of hydrogen-bond donors (Lipinski definition) is 0. The minimum Gasteiger partial charge on any atom is -0.364 e. The van der Waals surface area contributed by atoms with Gasteiger partial charge in [0, 0.05) is 38.4 Å². The van der Waals surface area contributed by atoms with Crippen LogP contribution in [0.1, 0.15) is 17.5 Å². The summed E-state index contributed by atoms with van der Waals surface area (Å²) in [5, 5.41) is 20.4. The average Bonchev–Trinajstić information content (AvgIpc) is 2.93. The van der Waals surface area contributed by atoms with E-state index in [4.69, 9.17) is 5.26 Å². The molecule has 7 nitrogen and oxygen atoms in total. The van der Waals surface area contributed by atoms with Crippen molar-refractivity contribution < 1.29 is 18.1 Å². The van der Waals surface area contributed by atoms with Crippen molar-refractivity contribution >= 4 is 17.2 Å². The van der Waals surface area contributed by atoms with Gasteiger partial charge in [0.2, 0.25) is 0 Å². The van der Waals surface area contributed by atoms with Crippen LogP contribution in [0.3, 0.4) is 0 Å². The number of benzene rings is 1. The summed E-state index contributed by atoms with van der Waals surface area (Å²) in [6.45, 7) is 1.93. The van der Waals surface area contributed by atoms with Gasteiger partial charge < -0.3 is 9.80 Å². The number of alkyl halides is 3. The van der Waals surface area contributed by atoms with Crippen LogP contribution in [0.4, 0.5) is 30.4 Å². The highest BCUT2D eigenvalue weighted by molar-refractivity contribution is 5.66. The van der Waals surface area contributed by atoms with E-state index in [9.17, 15) is 23.3 Å². The van der Waals surface area contributed by atoms with Gasteiger partial charge in [-0.2, -0.15) is 18.4 Å². The molecule has 0 unspecified atom stereocenters. The lowest BCUT2D eigenvalue weighted by Crippen LogP contribution is -2.31. The summed E-state index contributed by atoms with van der Waals surface area (Å²) >= 11 is 0. The third-order valence-electron chi connectivity index (χ3n) is 4.54. The maximum Gasteiger partial charge on any atom is 0.417 e. The predicted molar refractivity (Wildman–Crippen MR) is 96.1 cm³/mol. The van der Waals surface area contributed by atoms with Crippen molar-refractivity contribution in [1.29, 1.82) is 5.26 Å². The number of nitro benzene ring substituents is 1. The van der Waals surface area contributed by atoms with Crippen LogP contribution in [0, 0.1) is 21.4 Å². The van der Waals surface area contributed by atoms with Gasteiger partial charge in [0.25, 0.3) is 5.69 Å². The molecule has 1 aromatic carbocycles. The van der Waals surface area contributed by atoms with Crippen molar-refractivity contribution in [3.8, 4) is 6.07 Å². The maximum absolute atomic E-state index is 12.7. The molecule has 0 radical (unpaired) electrons. The number of nitrogens with zero attached hydrogens (tertiary/aromatic N) is 5. The van der Waals surface area contributed by atoms with Gasteiger partial charge in [-0.25, -0.2) is 4.98 Å². The minimum atomic E-state index is -4.44. The largest absolute Gasteiger partial charge is 0.417 e. The summed E-state index contributed by atoms with van der Waals surface area (Å²) in [4.78, 5) is 18.4. The Hall–Kier alpha value is -3.35. The first-order chi connectivity index (χ1) is 13.3. The molecule has 10 heteroatoms. The maximum atomic E-state index is 12.7. The summed E-state index contributed by atoms with van der Waals surface area (Å²) in [7, 11) is 0. The Morgan fingerprint density at radius 3 is 2.43 bits per heavy atom. The van der Waals surface area contributed by atoms with Crippen LogP contribution in [0.25, 0.3) is 0 Å². The SMILES string of the molecule is N#Cc1ccc([N+](=O)[O-])c(N2CCCN(c3ccc(C(F)(F)F)cn3)CC2)c1. The highest BCUT2D eigenvalue weighted by Gasteiger charge is 2.31. The van der Waals surface area contributed by atoms with E-state index >= 15 is 0 Å². The molecule has 28 heavy (non-hydrogen) atoms. The number of hydrogen-bond acceptors (Lipinski definition) is 6. The monoisotopic (exact) mass is 391 g/mol. The fourth-order valence-corrected chi connectivity index (χ4v) is 3.13. The second kappa shape index (κ2) is 7.72. The molecule has 1 aliphatic rings. The van der Waals surface area contributed by atoms with Crippen molar-refractivity contribution in [2.24, 2.45) is 0 Å². The van der Waals surface area contributed by atoms with Crippen molar-refractivity contribution in [3.63, 3.8) is 0 Å². The van der Waals surface area contributed by atoms with Crippen LogP contribution in [0.2, 0.25) is 0 Å². The van der Waals surface area contributed by atoms with E-state index in [2.05, 4.69) is 4.98 Å². The predicted octanol–water partition coefficient (Wildman–Crippen LogP) is 3.60. The van der Waals surface area contributed by atoms with Crippen LogP contribution in [-0.4, -0.2) is 36.1 Å². The van der Waals surface area contributed by atoms with E-state index in [-0.39, 0.29) is 5.69 Å². The highest BCUT2D eigenvalue weighted by Crippen LogP contribution is 2.31. The van der Waals surface area contributed by atoms with Gasteiger partial charge in [0.05, 0.1) is 22.1 Å². The first-order valence-corrected chi connectivity index (χ1v) is 8.51. The standard InChI is InChI=1S/C18H16F3N5O2/c19-18(20,21)14-3-5-17(23-12-14)25-7-1-6-24(8-9-25)16-10-13(11-22)2-4-15(16)26(27)28/h2-5,10,12H,1,6-9H2. The Balaban J connectivity index is 1.79.